The molecule has 0 bridgehead atoms. The van der Waals surface area contributed by atoms with E-state index in [4.69, 9.17) is 0 Å². The summed E-state index contributed by atoms with van der Waals surface area (Å²) in [6.07, 6.45) is -4.78. The van der Waals surface area contributed by atoms with E-state index in [0.717, 1.165) is 14.9 Å². The molecule has 0 saturated carbocycles. The van der Waals surface area contributed by atoms with Crippen LogP contribution in [-0.2, 0) is 10.2 Å². The van der Waals surface area contributed by atoms with Gasteiger partial charge in [0.1, 0.15) is 0 Å². The molecule has 2 nitrogen and oxygen atoms in total. The molecule has 0 radical (unpaired) electrons. The third-order valence-electron chi connectivity index (χ3n) is 3.15. The number of nitrogens with zero attached hydrogens (tertiary/aromatic N) is 1. The molecule has 2 rings (SSSR count). The minimum absolute atomic E-state index is 0.104. The van der Waals surface area contributed by atoms with Gasteiger partial charge in [-0.2, -0.15) is 13.2 Å². The minimum atomic E-state index is -4.78. The zero-order valence-corrected chi connectivity index (χ0v) is 11.2. The Kier molecular flexibility index (Phi) is 3.17. The van der Waals surface area contributed by atoms with Crippen molar-refractivity contribution in [2.24, 2.45) is 0 Å². The first kappa shape index (κ1) is 13.4. The van der Waals surface area contributed by atoms with Crippen molar-refractivity contribution in [2.75, 3.05) is 13.1 Å². The van der Waals surface area contributed by atoms with Gasteiger partial charge in [0, 0.05) is 23.0 Å². The Morgan fingerprint density at radius 1 is 1.28 bits per heavy atom. The molecule has 98 valence electrons. The monoisotopic (exact) mass is 321 g/mol. The van der Waals surface area contributed by atoms with Crippen LogP contribution in [0.1, 0.15) is 12.5 Å². The number of rotatable bonds is 1. The Morgan fingerprint density at radius 3 is 2.22 bits per heavy atom. The molecule has 1 fully saturated rings. The maximum Gasteiger partial charge on any atom is 0.471 e. The van der Waals surface area contributed by atoms with Crippen molar-refractivity contribution in [1.82, 2.24) is 4.90 Å². The number of likely N-dealkylation sites (tertiary alicyclic amines) is 1. The van der Waals surface area contributed by atoms with E-state index in [2.05, 4.69) is 15.9 Å². The molecule has 0 N–H and O–H groups in total. The zero-order chi connectivity index (χ0) is 13.6. The third kappa shape index (κ3) is 2.39. The Hall–Kier alpha value is -1.04. The van der Waals surface area contributed by atoms with Gasteiger partial charge >= 0.3 is 12.1 Å². The van der Waals surface area contributed by atoms with Crippen LogP contribution in [0.4, 0.5) is 13.2 Å². The standard InChI is InChI=1S/C12H11BrF3NO/c1-11(8-2-4-9(13)5-3-8)6-17(7-11)10(18)12(14,15)16/h2-5H,6-7H2,1H3. The number of hydrogen-bond acceptors (Lipinski definition) is 1. The normalized spacial score (nSPS) is 18.4. The lowest BCUT2D eigenvalue weighted by atomic mass is 9.75. The molecule has 18 heavy (non-hydrogen) atoms. The van der Waals surface area contributed by atoms with Crippen molar-refractivity contribution in [1.29, 1.82) is 0 Å². The second-order valence-corrected chi connectivity index (χ2v) is 5.64. The van der Waals surface area contributed by atoms with Crippen molar-refractivity contribution >= 4 is 21.8 Å². The largest absolute Gasteiger partial charge is 0.471 e. The summed E-state index contributed by atoms with van der Waals surface area (Å²) in [5.41, 5.74) is 0.554. The number of halogens is 4. The quantitative estimate of drug-likeness (QED) is 0.778. The first-order valence-corrected chi connectivity index (χ1v) is 6.14. The molecule has 0 spiro atoms. The summed E-state index contributed by atoms with van der Waals surface area (Å²) in [4.78, 5) is 11.8. The summed E-state index contributed by atoms with van der Waals surface area (Å²) in [7, 11) is 0. The van der Waals surface area contributed by atoms with Gasteiger partial charge < -0.3 is 4.90 Å². The minimum Gasteiger partial charge on any atom is -0.333 e. The maximum absolute atomic E-state index is 12.2. The Bertz CT molecular complexity index is 463. The first-order chi connectivity index (χ1) is 8.22. The molecule has 0 aliphatic carbocycles. The number of benzene rings is 1. The van der Waals surface area contributed by atoms with Crippen molar-refractivity contribution < 1.29 is 18.0 Å². The molecule has 1 aliphatic rings. The van der Waals surface area contributed by atoms with E-state index in [1.807, 2.05) is 31.2 Å². The zero-order valence-electron chi connectivity index (χ0n) is 9.59. The summed E-state index contributed by atoms with van der Waals surface area (Å²) in [6, 6.07) is 7.41. The smallest absolute Gasteiger partial charge is 0.333 e. The fraction of sp³-hybridized carbons (Fsp3) is 0.417. The lowest BCUT2D eigenvalue weighted by Crippen LogP contribution is -2.62. The van der Waals surface area contributed by atoms with Crippen LogP contribution < -0.4 is 0 Å². The first-order valence-electron chi connectivity index (χ1n) is 5.34. The molecule has 1 heterocycles. The predicted octanol–water partition coefficient (Wildman–Crippen LogP) is 3.11. The number of amides is 1. The predicted molar refractivity (Wildman–Crippen MR) is 64.1 cm³/mol. The van der Waals surface area contributed by atoms with Crippen LogP contribution in [0.3, 0.4) is 0 Å². The van der Waals surface area contributed by atoms with Crippen molar-refractivity contribution in [3.63, 3.8) is 0 Å². The Balaban J connectivity index is 2.07. The van der Waals surface area contributed by atoms with Gasteiger partial charge in [-0.25, -0.2) is 0 Å². The second-order valence-electron chi connectivity index (χ2n) is 4.73. The maximum atomic E-state index is 12.2. The van der Waals surface area contributed by atoms with Gasteiger partial charge in [-0.15, -0.1) is 0 Å². The van der Waals surface area contributed by atoms with Gasteiger partial charge in [-0.05, 0) is 17.7 Å². The molecule has 6 heteroatoms. The average molecular weight is 322 g/mol. The summed E-state index contributed by atoms with van der Waals surface area (Å²) in [6.45, 7) is 2.07. The molecular weight excluding hydrogens is 311 g/mol. The van der Waals surface area contributed by atoms with Crippen molar-refractivity contribution in [3.05, 3.63) is 34.3 Å². The van der Waals surface area contributed by atoms with Crippen LogP contribution in [0, 0.1) is 0 Å². The van der Waals surface area contributed by atoms with Gasteiger partial charge in [0.05, 0.1) is 0 Å². The summed E-state index contributed by atoms with van der Waals surface area (Å²) >= 11 is 3.30. The highest BCUT2D eigenvalue weighted by Gasteiger charge is 2.51. The lowest BCUT2D eigenvalue weighted by Gasteiger charge is -2.48. The van der Waals surface area contributed by atoms with Crippen LogP contribution in [0.5, 0.6) is 0 Å². The molecule has 1 aliphatic heterocycles. The molecule has 1 aromatic rings. The Labute approximate surface area is 111 Å². The van der Waals surface area contributed by atoms with E-state index in [-0.39, 0.29) is 18.5 Å². The fourth-order valence-corrected chi connectivity index (χ4v) is 2.42. The van der Waals surface area contributed by atoms with Crippen molar-refractivity contribution in [3.8, 4) is 0 Å². The average Bonchev–Trinajstić information content (AvgIpc) is 2.23. The second kappa shape index (κ2) is 4.26. The van der Waals surface area contributed by atoms with Crippen LogP contribution in [-0.4, -0.2) is 30.1 Å². The van der Waals surface area contributed by atoms with Crippen LogP contribution in [0.25, 0.3) is 0 Å². The molecule has 1 aromatic carbocycles. The molecule has 0 atom stereocenters. The highest BCUT2D eigenvalue weighted by Crippen LogP contribution is 2.36. The lowest BCUT2D eigenvalue weighted by molar-refractivity contribution is -0.192. The summed E-state index contributed by atoms with van der Waals surface area (Å²) in [5.74, 6) is -1.75. The van der Waals surface area contributed by atoms with E-state index in [1.54, 1.807) is 0 Å². The fourth-order valence-electron chi connectivity index (χ4n) is 2.15. The number of alkyl halides is 3. The van der Waals surface area contributed by atoms with Crippen molar-refractivity contribution in [2.45, 2.75) is 18.5 Å². The topological polar surface area (TPSA) is 20.3 Å². The van der Waals surface area contributed by atoms with E-state index >= 15 is 0 Å². The highest BCUT2D eigenvalue weighted by molar-refractivity contribution is 9.10. The molecule has 1 amide bonds. The number of hydrogen-bond donors (Lipinski definition) is 0. The van der Waals surface area contributed by atoms with E-state index in [9.17, 15) is 18.0 Å². The van der Waals surface area contributed by atoms with Gasteiger partial charge in [0.2, 0.25) is 0 Å². The van der Waals surface area contributed by atoms with E-state index < -0.39 is 12.1 Å². The number of carbonyl (C=O) groups is 1. The van der Waals surface area contributed by atoms with Gasteiger partial charge in [0.15, 0.2) is 0 Å². The van der Waals surface area contributed by atoms with E-state index in [0.29, 0.717) is 0 Å². The van der Waals surface area contributed by atoms with Gasteiger partial charge in [-0.3, -0.25) is 4.79 Å². The molecule has 1 saturated heterocycles. The van der Waals surface area contributed by atoms with Crippen LogP contribution >= 0.6 is 15.9 Å². The molecule has 0 aromatic heterocycles. The Morgan fingerprint density at radius 2 is 1.78 bits per heavy atom. The molecule has 0 unspecified atom stereocenters. The van der Waals surface area contributed by atoms with E-state index in [1.165, 1.54) is 0 Å². The van der Waals surface area contributed by atoms with Gasteiger partial charge in [-0.1, -0.05) is 35.0 Å². The SMILES string of the molecule is CC1(c2ccc(Br)cc2)CN(C(=O)C(F)(F)F)C1. The number of carbonyl (C=O) groups excluding carboxylic acids is 1. The molecular formula is C12H11BrF3NO. The summed E-state index contributed by atoms with van der Waals surface area (Å²) in [5, 5.41) is 0. The van der Waals surface area contributed by atoms with Crippen LogP contribution in [0.2, 0.25) is 0 Å². The third-order valence-corrected chi connectivity index (χ3v) is 3.68. The van der Waals surface area contributed by atoms with Gasteiger partial charge in [0.25, 0.3) is 0 Å². The summed E-state index contributed by atoms with van der Waals surface area (Å²) < 4.78 is 37.6. The van der Waals surface area contributed by atoms with Crippen LogP contribution in [0.15, 0.2) is 28.7 Å². The highest BCUT2D eigenvalue weighted by atomic mass is 79.9.